The van der Waals surface area contributed by atoms with Gasteiger partial charge in [-0.25, -0.2) is 0 Å². The van der Waals surface area contributed by atoms with Gasteiger partial charge in [0.15, 0.2) is 6.29 Å². The van der Waals surface area contributed by atoms with Crippen LogP contribution in [0.3, 0.4) is 0 Å². The molecule has 0 radical (unpaired) electrons. The maximum atomic E-state index is 5.09. The molecule has 1 rings (SSSR count). The molecule has 0 saturated carbocycles. The van der Waals surface area contributed by atoms with Crippen LogP contribution in [0.2, 0.25) is 0 Å². The van der Waals surface area contributed by atoms with Crippen molar-refractivity contribution in [1.29, 1.82) is 0 Å². The van der Waals surface area contributed by atoms with Crippen LogP contribution in [0.1, 0.15) is 11.1 Å². The fourth-order valence-corrected chi connectivity index (χ4v) is 1.52. The number of nitrogens with one attached hydrogen (secondary N) is 1. The number of ether oxygens (including phenoxy) is 3. The second kappa shape index (κ2) is 8.20. The molecular formula is C13H21NO3. The molecule has 0 aliphatic heterocycles. The van der Waals surface area contributed by atoms with Gasteiger partial charge in [0, 0.05) is 34.4 Å². The topological polar surface area (TPSA) is 39.7 Å². The Hall–Kier alpha value is -0.940. The van der Waals surface area contributed by atoms with Crippen LogP contribution in [-0.4, -0.2) is 34.2 Å². The van der Waals surface area contributed by atoms with E-state index in [1.54, 1.807) is 21.3 Å². The average molecular weight is 239 g/mol. The summed E-state index contributed by atoms with van der Waals surface area (Å²) in [7, 11) is 4.97. The third kappa shape index (κ3) is 5.28. The summed E-state index contributed by atoms with van der Waals surface area (Å²) in [5, 5.41) is 3.27. The minimum atomic E-state index is -0.192. The van der Waals surface area contributed by atoms with Crippen LogP contribution in [0, 0.1) is 0 Å². The molecule has 0 atom stereocenters. The Kier molecular flexibility index (Phi) is 6.81. The summed E-state index contributed by atoms with van der Waals surface area (Å²) in [5.74, 6) is 0. The maximum Gasteiger partial charge on any atom is 0.169 e. The van der Waals surface area contributed by atoms with E-state index in [1.807, 2.05) is 0 Å². The van der Waals surface area contributed by atoms with E-state index in [4.69, 9.17) is 14.2 Å². The van der Waals surface area contributed by atoms with Crippen molar-refractivity contribution in [2.45, 2.75) is 19.4 Å². The quantitative estimate of drug-likeness (QED) is 0.699. The lowest BCUT2D eigenvalue weighted by Gasteiger charge is -2.14. The molecule has 0 bridgehead atoms. The lowest BCUT2D eigenvalue weighted by Crippen LogP contribution is -2.29. The van der Waals surface area contributed by atoms with Gasteiger partial charge in [0.25, 0.3) is 0 Å². The van der Waals surface area contributed by atoms with Crippen LogP contribution in [-0.2, 0) is 27.4 Å². The van der Waals surface area contributed by atoms with Crippen LogP contribution >= 0.6 is 0 Å². The summed E-state index contributed by atoms with van der Waals surface area (Å²) in [6.45, 7) is 2.13. The van der Waals surface area contributed by atoms with Crippen molar-refractivity contribution in [2.24, 2.45) is 0 Å². The van der Waals surface area contributed by atoms with Gasteiger partial charge in [0.1, 0.15) is 0 Å². The summed E-state index contributed by atoms with van der Waals surface area (Å²) in [6.07, 6.45) is -0.192. The number of methoxy groups -OCH3 is 3. The summed E-state index contributed by atoms with van der Waals surface area (Å²) in [6, 6.07) is 8.33. The standard InChI is InChI=1S/C13H21NO3/c1-15-10-12-6-4-11(5-7-12)8-14-9-13(16-2)17-3/h4-7,13-14H,8-10H2,1-3H3. The summed E-state index contributed by atoms with van der Waals surface area (Å²) in [5.41, 5.74) is 2.42. The second-order valence-electron chi connectivity index (χ2n) is 3.78. The van der Waals surface area contributed by atoms with E-state index in [0.29, 0.717) is 13.2 Å². The largest absolute Gasteiger partial charge is 0.380 e. The van der Waals surface area contributed by atoms with E-state index < -0.39 is 0 Å². The molecule has 0 amide bonds. The molecule has 4 heteroatoms. The van der Waals surface area contributed by atoms with Gasteiger partial charge in [-0.1, -0.05) is 24.3 Å². The molecule has 0 aliphatic rings. The van der Waals surface area contributed by atoms with Crippen molar-refractivity contribution >= 4 is 0 Å². The number of rotatable bonds is 8. The first-order valence-electron chi connectivity index (χ1n) is 5.63. The Balaban J connectivity index is 2.31. The summed E-state index contributed by atoms with van der Waals surface area (Å²) >= 11 is 0. The minimum Gasteiger partial charge on any atom is -0.380 e. The molecule has 4 nitrogen and oxygen atoms in total. The normalized spacial score (nSPS) is 11.1. The first-order chi connectivity index (χ1) is 8.30. The monoisotopic (exact) mass is 239 g/mol. The van der Waals surface area contributed by atoms with Crippen molar-refractivity contribution in [2.75, 3.05) is 27.9 Å². The third-order valence-electron chi connectivity index (χ3n) is 2.50. The van der Waals surface area contributed by atoms with Crippen LogP contribution in [0.25, 0.3) is 0 Å². The molecule has 1 N–H and O–H groups in total. The third-order valence-corrected chi connectivity index (χ3v) is 2.50. The number of hydrogen-bond donors (Lipinski definition) is 1. The molecular weight excluding hydrogens is 218 g/mol. The van der Waals surface area contributed by atoms with Gasteiger partial charge in [-0.2, -0.15) is 0 Å². The van der Waals surface area contributed by atoms with Gasteiger partial charge in [-0.15, -0.1) is 0 Å². The summed E-state index contributed by atoms with van der Waals surface area (Å²) in [4.78, 5) is 0. The fraction of sp³-hybridized carbons (Fsp3) is 0.538. The fourth-order valence-electron chi connectivity index (χ4n) is 1.52. The molecule has 96 valence electrons. The Labute approximate surface area is 103 Å². The van der Waals surface area contributed by atoms with Gasteiger partial charge in [0.05, 0.1) is 6.61 Å². The minimum absolute atomic E-state index is 0.192. The van der Waals surface area contributed by atoms with Crippen molar-refractivity contribution in [3.05, 3.63) is 35.4 Å². The first kappa shape index (κ1) is 14.1. The first-order valence-corrected chi connectivity index (χ1v) is 5.63. The molecule has 0 saturated heterocycles. The van der Waals surface area contributed by atoms with Crippen LogP contribution in [0.15, 0.2) is 24.3 Å². The molecule has 1 aromatic carbocycles. The lowest BCUT2D eigenvalue weighted by molar-refractivity contribution is -0.0989. The number of benzene rings is 1. The lowest BCUT2D eigenvalue weighted by atomic mass is 10.1. The predicted molar refractivity (Wildman–Crippen MR) is 66.7 cm³/mol. The van der Waals surface area contributed by atoms with Gasteiger partial charge >= 0.3 is 0 Å². The molecule has 0 unspecified atom stereocenters. The van der Waals surface area contributed by atoms with Gasteiger partial charge < -0.3 is 19.5 Å². The van der Waals surface area contributed by atoms with Gasteiger partial charge in [0.2, 0.25) is 0 Å². The molecule has 17 heavy (non-hydrogen) atoms. The maximum absolute atomic E-state index is 5.09. The zero-order valence-corrected chi connectivity index (χ0v) is 10.7. The average Bonchev–Trinajstić information content (AvgIpc) is 2.37. The van der Waals surface area contributed by atoms with Crippen molar-refractivity contribution < 1.29 is 14.2 Å². The zero-order chi connectivity index (χ0) is 12.5. The highest BCUT2D eigenvalue weighted by atomic mass is 16.7. The summed E-state index contributed by atoms with van der Waals surface area (Å²) < 4.78 is 15.2. The zero-order valence-electron chi connectivity index (χ0n) is 10.7. The molecule has 1 aromatic rings. The Morgan fingerprint density at radius 2 is 1.59 bits per heavy atom. The van der Waals surface area contributed by atoms with E-state index in [2.05, 4.69) is 29.6 Å². The van der Waals surface area contributed by atoms with E-state index in [-0.39, 0.29) is 6.29 Å². The van der Waals surface area contributed by atoms with Gasteiger partial charge in [-0.05, 0) is 11.1 Å². The van der Waals surface area contributed by atoms with Crippen molar-refractivity contribution in [3.8, 4) is 0 Å². The highest BCUT2D eigenvalue weighted by Crippen LogP contribution is 2.05. The van der Waals surface area contributed by atoms with Crippen molar-refractivity contribution in [3.63, 3.8) is 0 Å². The highest BCUT2D eigenvalue weighted by Gasteiger charge is 2.03. The molecule has 0 aliphatic carbocycles. The molecule has 0 fully saturated rings. The Morgan fingerprint density at radius 3 is 2.12 bits per heavy atom. The van der Waals surface area contributed by atoms with E-state index in [0.717, 1.165) is 6.54 Å². The number of hydrogen-bond acceptors (Lipinski definition) is 4. The SMILES string of the molecule is COCc1ccc(CNCC(OC)OC)cc1. The predicted octanol–water partition coefficient (Wildman–Crippen LogP) is 1.54. The smallest absolute Gasteiger partial charge is 0.169 e. The molecule has 0 spiro atoms. The van der Waals surface area contributed by atoms with Crippen LogP contribution < -0.4 is 5.32 Å². The Bertz CT molecular complexity index is 296. The van der Waals surface area contributed by atoms with Gasteiger partial charge in [-0.3, -0.25) is 0 Å². The van der Waals surface area contributed by atoms with E-state index in [9.17, 15) is 0 Å². The molecule has 0 aromatic heterocycles. The second-order valence-corrected chi connectivity index (χ2v) is 3.78. The molecule has 0 heterocycles. The Morgan fingerprint density at radius 1 is 1.00 bits per heavy atom. The van der Waals surface area contributed by atoms with E-state index >= 15 is 0 Å². The van der Waals surface area contributed by atoms with Crippen LogP contribution in [0.5, 0.6) is 0 Å². The van der Waals surface area contributed by atoms with Crippen LogP contribution in [0.4, 0.5) is 0 Å². The highest BCUT2D eigenvalue weighted by molar-refractivity contribution is 5.21. The van der Waals surface area contributed by atoms with Crippen molar-refractivity contribution in [1.82, 2.24) is 5.32 Å². The van der Waals surface area contributed by atoms with E-state index in [1.165, 1.54) is 11.1 Å².